The number of benzene rings is 5. The van der Waals surface area contributed by atoms with Crippen LogP contribution in [0.3, 0.4) is 0 Å². The maximum absolute atomic E-state index is 6.72. The molecule has 0 bridgehead atoms. The van der Waals surface area contributed by atoms with Crippen molar-refractivity contribution in [3.8, 4) is 27.9 Å². The summed E-state index contributed by atoms with van der Waals surface area (Å²) in [5.41, 5.74) is 15.5. The fraction of sp³-hybridized carbons (Fsp3) is 0. The first-order valence-electron chi connectivity index (χ1n) is 10.8. The van der Waals surface area contributed by atoms with Crippen molar-refractivity contribution in [2.24, 2.45) is 0 Å². The van der Waals surface area contributed by atoms with E-state index in [1.54, 1.807) is 0 Å². The molecule has 1 heterocycles. The number of fused-ring (bicyclic) bond motifs is 3. The molecular weight excluding hydrogens is 388 g/mol. The predicted octanol–water partition coefficient (Wildman–Crippen LogP) is 7.70. The summed E-state index contributed by atoms with van der Waals surface area (Å²) in [6.07, 6.45) is 0. The van der Waals surface area contributed by atoms with Crippen molar-refractivity contribution >= 4 is 27.5 Å². The summed E-state index contributed by atoms with van der Waals surface area (Å²) in [4.78, 5) is 0. The van der Waals surface area contributed by atoms with Gasteiger partial charge in [0.05, 0.1) is 11.0 Å². The smallest absolute Gasteiger partial charge is 0.0640 e. The fourth-order valence-electron chi connectivity index (χ4n) is 4.77. The van der Waals surface area contributed by atoms with Crippen LogP contribution in [0.5, 0.6) is 0 Å². The lowest BCUT2D eigenvalue weighted by Gasteiger charge is -2.16. The molecule has 2 N–H and O–H groups in total. The molecule has 32 heavy (non-hydrogen) atoms. The lowest BCUT2D eigenvalue weighted by atomic mass is 9.92. The van der Waals surface area contributed by atoms with E-state index in [-0.39, 0.29) is 0 Å². The minimum atomic E-state index is 0.779. The lowest BCUT2D eigenvalue weighted by Crippen LogP contribution is -1.99. The highest BCUT2D eigenvalue weighted by Crippen LogP contribution is 2.43. The van der Waals surface area contributed by atoms with Crippen LogP contribution in [0.2, 0.25) is 0 Å². The molecule has 0 aliphatic carbocycles. The Morgan fingerprint density at radius 3 is 1.91 bits per heavy atom. The SMILES string of the molecule is Nc1ccc2c3ccccc3n(-c3ccccc3)c2c1-c1ccccc1-c1ccccc1. The van der Waals surface area contributed by atoms with Crippen LogP contribution < -0.4 is 5.73 Å². The molecule has 0 spiro atoms. The Labute approximate surface area is 187 Å². The third-order valence-corrected chi connectivity index (χ3v) is 6.16. The summed E-state index contributed by atoms with van der Waals surface area (Å²) in [6.45, 7) is 0. The summed E-state index contributed by atoms with van der Waals surface area (Å²) >= 11 is 0. The van der Waals surface area contributed by atoms with Crippen LogP contribution in [0.4, 0.5) is 5.69 Å². The van der Waals surface area contributed by atoms with E-state index in [0.29, 0.717) is 0 Å². The molecule has 1 aromatic heterocycles. The van der Waals surface area contributed by atoms with Gasteiger partial charge in [0.1, 0.15) is 0 Å². The summed E-state index contributed by atoms with van der Waals surface area (Å²) in [5, 5.41) is 2.43. The van der Waals surface area contributed by atoms with E-state index in [0.717, 1.165) is 28.0 Å². The van der Waals surface area contributed by atoms with Crippen LogP contribution in [-0.4, -0.2) is 4.57 Å². The third-order valence-electron chi connectivity index (χ3n) is 6.16. The standard InChI is InChI=1S/C30H22N2/c31-27-20-19-26-24-16-9-10-18-28(24)32(22-13-5-2-6-14-22)30(26)29(27)25-17-8-7-15-23(25)21-11-3-1-4-12-21/h1-20H,31H2. The van der Waals surface area contributed by atoms with Crippen LogP contribution in [0.1, 0.15) is 0 Å². The molecule has 0 radical (unpaired) electrons. The number of para-hydroxylation sites is 2. The molecule has 6 aromatic rings. The van der Waals surface area contributed by atoms with E-state index in [9.17, 15) is 0 Å². The van der Waals surface area contributed by atoms with Crippen molar-refractivity contribution in [1.29, 1.82) is 0 Å². The molecule has 5 aromatic carbocycles. The summed E-state index contributed by atoms with van der Waals surface area (Å²) in [6, 6.07) is 42.4. The van der Waals surface area contributed by atoms with Gasteiger partial charge in [-0.3, -0.25) is 0 Å². The van der Waals surface area contributed by atoms with Crippen LogP contribution in [0.25, 0.3) is 49.7 Å². The van der Waals surface area contributed by atoms with E-state index in [1.807, 2.05) is 6.07 Å². The highest BCUT2D eigenvalue weighted by molar-refractivity contribution is 6.16. The first kappa shape index (κ1) is 18.5. The van der Waals surface area contributed by atoms with Crippen LogP contribution in [-0.2, 0) is 0 Å². The number of aromatic nitrogens is 1. The zero-order chi connectivity index (χ0) is 21.5. The Bertz CT molecular complexity index is 1560. The Morgan fingerprint density at radius 1 is 0.500 bits per heavy atom. The maximum Gasteiger partial charge on any atom is 0.0640 e. The molecule has 0 aliphatic heterocycles. The maximum atomic E-state index is 6.72. The molecule has 0 saturated carbocycles. The molecule has 0 atom stereocenters. The minimum Gasteiger partial charge on any atom is -0.398 e. The van der Waals surface area contributed by atoms with Crippen LogP contribution in [0.15, 0.2) is 121 Å². The van der Waals surface area contributed by atoms with E-state index in [4.69, 9.17) is 5.73 Å². The second-order valence-corrected chi connectivity index (χ2v) is 8.03. The van der Waals surface area contributed by atoms with Crippen molar-refractivity contribution in [3.63, 3.8) is 0 Å². The van der Waals surface area contributed by atoms with Gasteiger partial charge in [0.15, 0.2) is 0 Å². The quantitative estimate of drug-likeness (QED) is 0.298. The van der Waals surface area contributed by atoms with Gasteiger partial charge in [0, 0.05) is 27.7 Å². The second-order valence-electron chi connectivity index (χ2n) is 8.03. The number of hydrogen-bond donors (Lipinski definition) is 1. The van der Waals surface area contributed by atoms with Gasteiger partial charge in [0.2, 0.25) is 0 Å². The van der Waals surface area contributed by atoms with Gasteiger partial charge in [-0.25, -0.2) is 0 Å². The number of nitrogens with two attached hydrogens (primary N) is 1. The molecule has 2 nitrogen and oxygen atoms in total. The van der Waals surface area contributed by atoms with Gasteiger partial charge in [-0.05, 0) is 41.0 Å². The average Bonchev–Trinajstić information content (AvgIpc) is 3.19. The molecule has 6 rings (SSSR count). The van der Waals surface area contributed by atoms with E-state index < -0.39 is 0 Å². The number of hydrogen-bond acceptors (Lipinski definition) is 1. The number of nitrogen functional groups attached to an aromatic ring is 1. The van der Waals surface area contributed by atoms with Gasteiger partial charge < -0.3 is 10.3 Å². The normalized spacial score (nSPS) is 11.2. The monoisotopic (exact) mass is 410 g/mol. The zero-order valence-corrected chi connectivity index (χ0v) is 17.6. The molecule has 0 unspecified atom stereocenters. The summed E-state index contributed by atoms with van der Waals surface area (Å²) in [7, 11) is 0. The lowest BCUT2D eigenvalue weighted by molar-refractivity contribution is 1.18. The first-order chi connectivity index (χ1) is 15.8. The second kappa shape index (κ2) is 7.44. The summed E-state index contributed by atoms with van der Waals surface area (Å²) < 4.78 is 2.35. The van der Waals surface area contributed by atoms with Crippen molar-refractivity contribution in [2.45, 2.75) is 0 Å². The van der Waals surface area contributed by atoms with Gasteiger partial charge in [0.25, 0.3) is 0 Å². The zero-order valence-electron chi connectivity index (χ0n) is 17.6. The number of rotatable bonds is 3. The molecule has 0 fully saturated rings. The number of nitrogens with zero attached hydrogens (tertiary/aromatic N) is 1. The van der Waals surface area contributed by atoms with Gasteiger partial charge in [-0.15, -0.1) is 0 Å². The van der Waals surface area contributed by atoms with E-state index in [1.165, 1.54) is 27.4 Å². The third kappa shape index (κ3) is 2.81. The van der Waals surface area contributed by atoms with E-state index in [2.05, 4.69) is 120 Å². The molecule has 0 aliphatic rings. The first-order valence-corrected chi connectivity index (χ1v) is 10.8. The Kier molecular flexibility index (Phi) is 4.29. The topological polar surface area (TPSA) is 30.9 Å². The molecule has 2 heteroatoms. The molecule has 152 valence electrons. The Morgan fingerprint density at radius 2 is 1.12 bits per heavy atom. The van der Waals surface area contributed by atoms with Crippen molar-refractivity contribution in [3.05, 3.63) is 121 Å². The summed E-state index contributed by atoms with van der Waals surface area (Å²) in [5.74, 6) is 0. The number of anilines is 1. The Balaban J connectivity index is 1.79. The van der Waals surface area contributed by atoms with Crippen LogP contribution >= 0.6 is 0 Å². The van der Waals surface area contributed by atoms with Gasteiger partial charge in [-0.1, -0.05) is 97.1 Å². The minimum absolute atomic E-state index is 0.779. The van der Waals surface area contributed by atoms with Crippen molar-refractivity contribution < 1.29 is 0 Å². The van der Waals surface area contributed by atoms with Crippen molar-refractivity contribution in [1.82, 2.24) is 4.57 Å². The van der Waals surface area contributed by atoms with Gasteiger partial charge >= 0.3 is 0 Å². The highest BCUT2D eigenvalue weighted by Gasteiger charge is 2.20. The predicted molar refractivity (Wildman–Crippen MR) is 136 cm³/mol. The highest BCUT2D eigenvalue weighted by atomic mass is 15.0. The average molecular weight is 411 g/mol. The molecule has 0 amide bonds. The fourth-order valence-corrected chi connectivity index (χ4v) is 4.77. The largest absolute Gasteiger partial charge is 0.398 e. The Hall–Kier alpha value is -4.30. The van der Waals surface area contributed by atoms with E-state index >= 15 is 0 Å². The molecular formula is C30H22N2. The van der Waals surface area contributed by atoms with Crippen molar-refractivity contribution in [2.75, 3.05) is 5.73 Å². The molecule has 0 saturated heterocycles. The van der Waals surface area contributed by atoms with Crippen LogP contribution in [0, 0.1) is 0 Å². The van der Waals surface area contributed by atoms with Gasteiger partial charge in [-0.2, -0.15) is 0 Å².